The predicted octanol–water partition coefficient (Wildman–Crippen LogP) is 4.92. The van der Waals surface area contributed by atoms with Gasteiger partial charge in [0.05, 0.1) is 30.5 Å². The molecular formula is C27H21FN2O5S. The van der Waals surface area contributed by atoms with E-state index < -0.39 is 35.3 Å². The topological polar surface area (TPSA) is 85.8 Å². The van der Waals surface area contributed by atoms with Crippen molar-refractivity contribution >= 4 is 44.2 Å². The van der Waals surface area contributed by atoms with Crippen LogP contribution in [0.3, 0.4) is 0 Å². The van der Waals surface area contributed by atoms with Crippen LogP contribution in [0.25, 0.3) is 10.2 Å². The molecule has 5 rings (SSSR count). The van der Waals surface area contributed by atoms with Crippen molar-refractivity contribution in [2.24, 2.45) is 5.92 Å². The Bertz CT molecular complexity index is 1510. The minimum Gasteiger partial charge on any atom is -0.493 e. The van der Waals surface area contributed by atoms with E-state index in [0.717, 1.165) is 16.9 Å². The van der Waals surface area contributed by atoms with Crippen LogP contribution in [0.1, 0.15) is 27.5 Å². The number of carbonyl (C=O) groups excluding carboxylic acids is 3. The van der Waals surface area contributed by atoms with Crippen LogP contribution in [-0.4, -0.2) is 36.7 Å². The van der Waals surface area contributed by atoms with Gasteiger partial charge >= 0.3 is 0 Å². The molecule has 36 heavy (non-hydrogen) atoms. The maximum atomic E-state index is 13.8. The van der Waals surface area contributed by atoms with Crippen LogP contribution in [0.15, 0.2) is 60.7 Å². The normalized spacial score (nSPS) is 17.6. The van der Waals surface area contributed by atoms with Crippen molar-refractivity contribution in [2.45, 2.75) is 13.0 Å². The number of ketones is 2. The molecule has 2 unspecified atom stereocenters. The Hall–Kier alpha value is -4.11. The van der Waals surface area contributed by atoms with E-state index >= 15 is 0 Å². The minimum atomic E-state index is -1.30. The van der Waals surface area contributed by atoms with Gasteiger partial charge < -0.3 is 9.47 Å². The van der Waals surface area contributed by atoms with E-state index in [9.17, 15) is 18.8 Å². The number of nitrogens with zero attached hydrogens (tertiary/aromatic N) is 2. The quantitative estimate of drug-likeness (QED) is 0.211. The highest BCUT2D eigenvalue weighted by atomic mass is 32.1. The first-order valence-electron chi connectivity index (χ1n) is 11.1. The molecule has 1 aliphatic rings. The van der Waals surface area contributed by atoms with E-state index in [1.807, 2.05) is 6.92 Å². The molecule has 7 nitrogen and oxygen atoms in total. The number of fused-ring (bicyclic) bond motifs is 1. The van der Waals surface area contributed by atoms with Crippen molar-refractivity contribution in [2.75, 3.05) is 19.1 Å². The van der Waals surface area contributed by atoms with Gasteiger partial charge in [-0.05, 0) is 42.8 Å². The second kappa shape index (κ2) is 9.16. The Labute approximate surface area is 210 Å². The molecule has 1 saturated heterocycles. The molecule has 9 heteroatoms. The molecule has 2 heterocycles. The number of ether oxygens (including phenoxy) is 2. The molecule has 1 aromatic heterocycles. The molecule has 2 atom stereocenters. The molecule has 0 aliphatic carbocycles. The van der Waals surface area contributed by atoms with Crippen LogP contribution >= 0.6 is 11.3 Å². The number of Topliss-reactive ketones (excluding diaryl/α,β-unsaturated/α-hetero) is 2. The highest BCUT2D eigenvalue weighted by molar-refractivity contribution is 7.22. The summed E-state index contributed by atoms with van der Waals surface area (Å²) >= 11 is 1.08. The average molecular weight is 505 g/mol. The van der Waals surface area contributed by atoms with E-state index in [2.05, 4.69) is 4.98 Å². The molecule has 1 amide bonds. The Balaban J connectivity index is 1.68. The van der Waals surface area contributed by atoms with Gasteiger partial charge in [0.1, 0.15) is 11.7 Å². The Kier molecular flexibility index (Phi) is 6.01. The summed E-state index contributed by atoms with van der Waals surface area (Å²) in [6, 6.07) is 14.9. The number of benzene rings is 3. The van der Waals surface area contributed by atoms with E-state index in [1.165, 1.54) is 37.3 Å². The average Bonchev–Trinajstić information content (AvgIpc) is 3.41. The van der Waals surface area contributed by atoms with Crippen LogP contribution in [0.2, 0.25) is 0 Å². The number of thiazole rings is 1. The first kappa shape index (κ1) is 23.6. The van der Waals surface area contributed by atoms with Crippen LogP contribution < -0.4 is 14.4 Å². The lowest BCUT2D eigenvalue weighted by Crippen LogP contribution is -2.30. The second-order valence-corrected chi connectivity index (χ2v) is 9.42. The van der Waals surface area contributed by atoms with Gasteiger partial charge in [-0.3, -0.25) is 19.3 Å². The lowest BCUT2D eigenvalue weighted by molar-refractivity contribution is -0.135. The molecule has 1 fully saturated rings. The van der Waals surface area contributed by atoms with Gasteiger partial charge in [0, 0.05) is 5.56 Å². The van der Waals surface area contributed by atoms with Gasteiger partial charge in [-0.2, -0.15) is 0 Å². The standard InChI is InChI=1S/C27H21FN2O5S/c1-14-4-6-15(7-5-14)24(31)22-23(16-8-11-19(34-2)20(12-16)35-3)30(26(33)25(22)32)27-29-18-10-9-17(28)13-21(18)36-27/h4-13,22-23H,1-3H3. The zero-order valence-corrected chi connectivity index (χ0v) is 20.5. The van der Waals surface area contributed by atoms with Gasteiger partial charge in [0.2, 0.25) is 5.78 Å². The summed E-state index contributed by atoms with van der Waals surface area (Å²) in [5, 5.41) is 0.202. The zero-order valence-electron chi connectivity index (χ0n) is 19.7. The largest absolute Gasteiger partial charge is 0.493 e. The first-order valence-corrected chi connectivity index (χ1v) is 11.9. The molecule has 0 saturated carbocycles. The lowest BCUT2D eigenvalue weighted by Gasteiger charge is -2.25. The van der Waals surface area contributed by atoms with Crippen molar-refractivity contribution in [3.8, 4) is 11.5 Å². The fraction of sp³-hybridized carbons (Fsp3) is 0.185. The van der Waals surface area contributed by atoms with Gasteiger partial charge in [-0.1, -0.05) is 47.2 Å². The van der Waals surface area contributed by atoms with Crippen LogP contribution in [0.4, 0.5) is 9.52 Å². The lowest BCUT2D eigenvalue weighted by atomic mass is 9.86. The molecular weight excluding hydrogens is 483 g/mol. The molecule has 0 N–H and O–H groups in total. The number of hydrogen-bond acceptors (Lipinski definition) is 7. The van der Waals surface area contributed by atoms with Gasteiger partial charge in [0.25, 0.3) is 5.91 Å². The van der Waals surface area contributed by atoms with Gasteiger partial charge in [-0.15, -0.1) is 0 Å². The van der Waals surface area contributed by atoms with Crippen molar-refractivity contribution in [3.05, 3.63) is 83.2 Å². The third-order valence-electron chi connectivity index (χ3n) is 6.22. The smallest absolute Gasteiger partial charge is 0.297 e. The maximum Gasteiger partial charge on any atom is 0.297 e. The number of amides is 1. The van der Waals surface area contributed by atoms with Gasteiger partial charge in [0.15, 0.2) is 22.4 Å². The molecule has 0 spiro atoms. The number of aryl methyl sites for hydroxylation is 1. The Morgan fingerprint density at radius 3 is 2.39 bits per heavy atom. The fourth-order valence-electron chi connectivity index (χ4n) is 4.40. The monoisotopic (exact) mass is 504 g/mol. The fourth-order valence-corrected chi connectivity index (χ4v) is 5.43. The molecule has 182 valence electrons. The highest BCUT2D eigenvalue weighted by Crippen LogP contribution is 2.45. The zero-order chi connectivity index (χ0) is 25.6. The molecule has 4 aromatic rings. The summed E-state index contributed by atoms with van der Waals surface area (Å²) in [4.78, 5) is 46.1. The van der Waals surface area contributed by atoms with Crippen LogP contribution in [-0.2, 0) is 9.59 Å². The SMILES string of the molecule is COc1ccc(C2C(C(=O)c3ccc(C)cc3)C(=O)C(=O)N2c2nc3ccc(F)cc3s2)cc1OC. The number of hydrogen-bond donors (Lipinski definition) is 0. The molecule has 0 radical (unpaired) electrons. The van der Waals surface area contributed by atoms with Crippen molar-refractivity contribution in [1.82, 2.24) is 4.98 Å². The highest BCUT2D eigenvalue weighted by Gasteiger charge is 2.53. The Morgan fingerprint density at radius 2 is 1.69 bits per heavy atom. The van der Waals surface area contributed by atoms with E-state index in [-0.39, 0.29) is 5.13 Å². The third-order valence-corrected chi connectivity index (χ3v) is 7.24. The molecule has 3 aromatic carbocycles. The maximum absolute atomic E-state index is 13.8. The number of rotatable bonds is 6. The van der Waals surface area contributed by atoms with E-state index in [0.29, 0.717) is 32.8 Å². The van der Waals surface area contributed by atoms with Crippen LogP contribution in [0.5, 0.6) is 11.5 Å². The number of anilines is 1. The number of halogens is 1. The summed E-state index contributed by atoms with van der Waals surface area (Å²) in [5.41, 5.74) is 2.27. The summed E-state index contributed by atoms with van der Waals surface area (Å²) < 4.78 is 25.1. The number of carbonyl (C=O) groups is 3. The summed E-state index contributed by atoms with van der Waals surface area (Å²) in [5.74, 6) is -3.05. The number of aromatic nitrogens is 1. The second-order valence-electron chi connectivity index (χ2n) is 8.42. The summed E-state index contributed by atoms with van der Waals surface area (Å²) in [6.07, 6.45) is 0. The number of methoxy groups -OCH3 is 2. The third kappa shape index (κ3) is 3.91. The predicted molar refractivity (Wildman–Crippen MR) is 133 cm³/mol. The van der Waals surface area contributed by atoms with Crippen molar-refractivity contribution in [1.29, 1.82) is 0 Å². The molecule has 1 aliphatic heterocycles. The van der Waals surface area contributed by atoms with Crippen LogP contribution in [0, 0.1) is 18.7 Å². The minimum absolute atomic E-state index is 0.202. The molecule has 0 bridgehead atoms. The summed E-state index contributed by atoms with van der Waals surface area (Å²) in [7, 11) is 2.97. The first-order chi connectivity index (χ1) is 17.3. The summed E-state index contributed by atoms with van der Waals surface area (Å²) in [6.45, 7) is 1.89. The van der Waals surface area contributed by atoms with Crippen molar-refractivity contribution < 1.29 is 28.2 Å². The Morgan fingerprint density at radius 1 is 0.972 bits per heavy atom. The van der Waals surface area contributed by atoms with E-state index in [1.54, 1.807) is 42.5 Å². The van der Waals surface area contributed by atoms with Crippen molar-refractivity contribution in [3.63, 3.8) is 0 Å². The van der Waals surface area contributed by atoms with Gasteiger partial charge in [-0.25, -0.2) is 9.37 Å². The van der Waals surface area contributed by atoms with E-state index in [4.69, 9.17) is 9.47 Å².